The quantitative estimate of drug-likeness (QED) is 0.430. The molecule has 4 aromatic rings. The first-order valence-corrected chi connectivity index (χ1v) is 11.3. The molecular weight excluding hydrogens is 419 g/mol. The van der Waals surface area contributed by atoms with Gasteiger partial charge < -0.3 is 10.6 Å². The molecule has 0 fully saturated rings. The topological polar surface area (TPSA) is 113 Å². The van der Waals surface area contributed by atoms with E-state index >= 15 is 0 Å². The van der Waals surface area contributed by atoms with Crippen LogP contribution in [0.25, 0.3) is 22.2 Å². The summed E-state index contributed by atoms with van der Waals surface area (Å²) in [4.78, 5) is 9.08. The number of halogens is 1. The molecule has 0 spiro atoms. The van der Waals surface area contributed by atoms with Crippen molar-refractivity contribution >= 4 is 38.2 Å². The lowest BCUT2D eigenvalue weighted by Crippen LogP contribution is -2.04. The molecule has 3 N–H and O–H groups in total. The van der Waals surface area contributed by atoms with Crippen LogP contribution in [0.3, 0.4) is 0 Å². The number of H-pyrrole nitrogens is 1. The summed E-state index contributed by atoms with van der Waals surface area (Å²) in [5, 5.41) is 14.0. The summed E-state index contributed by atoms with van der Waals surface area (Å²) < 4.78 is 37.7. The molecule has 4 rings (SSSR count). The highest BCUT2D eigenvalue weighted by Crippen LogP contribution is 2.32. The number of hydrogen-bond acceptors (Lipinski definition) is 7. The van der Waals surface area contributed by atoms with E-state index in [-0.39, 0.29) is 10.7 Å². The van der Waals surface area contributed by atoms with E-state index in [0.717, 1.165) is 17.2 Å². The lowest BCUT2D eigenvalue weighted by Gasteiger charge is -2.11. The van der Waals surface area contributed by atoms with Gasteiger partial charge in [-0.25, -0.2) is 17.8 Å². The van der Waals surface area contributed by atoms with E-state index in [0.29, 0.717) is 39.8 Å². The molecule has 10 heteroatoms. The molecule has 2 aromatic heterocycles. The number of benzene rings is 2. The van der Waals surface area contributed by atoms with Crippen LogP contribution in [-0.2, 0) is 9.84 Å². The molecule has 160 valence electrons. The summed E-state index contributed by atoms with van der Waals surface area (Å²) in [5.74, 6) is 0.503. The van der Waals surface area contributed by atoms with Crippen molar-refractivity contribution in [3.63, 3.8) is 0 Å². The summed E-state index contributed by atoms with van der Waals surface area (Å²) >= 11 is 0. The second-order valence-corrected chi connectivity index (χ2v) is 9.37. The van der Waals surface area contributed by atoms with E-state index in [4.69, 9.17) is 0 Å². The minimum Gasteiger partial charge on any atom is -0.372 e. The third kappa shape index (κ3) is 4.06. The van der Waals surface area contributed by atoms with Gasteiger partial charge in [0.15, 0.2) is 9.84 Å². The third-order valence-corrected chi connectivity index (χ3v) is 5.95. The predicted octanol–water partition coefficient (Wildman–Crippen LogP) is 3.96. The predicted molar refractivity (Wildman–Crippen MR) is 119 cm³/mol. The van der Waals surface area contributed by atoms with Crippen LogP contribution in [0.1, 0.15) is 11.1 Å². The second kappa shape index (κ2) is 7.62. The van der Waals surface area contributed by atoms with Crippen LogP contribution in [0, 0.1) is 19.7 Å². The van der Waals surface area contributed by atoms with Crippen LogP contribution in [0.4, 0.5) is 21.8 Å². The Bertz CT molecular complexity index is 1420. The lowest BCUT2D eigenvalue weighted by atomic mass is 10.1. The van der Waals surface area contributed by atoms with Gasteiger partial charge in [-0.05, 0) is 55.3 Å². The molecule has 0 bridgehead atoms. The van der Waals surface area contributed by atoms with Gasteiger partial charge in [0.2, 0.25) is 5.95 Å². The molecule has 2 heterocycles. The van der Waals surface area contributed by atoms with Crippen LogP contribution < -0.4 is 10.6 Å². The van der Waals surface area contributed by atoms with E-state index in [9.17, 15) is 12.8 Å². The van der Waals surface area contributed by atoms with E-state index in [1.54, 1.807) is 32.3 Å². The average Bonchev–Trinajstić information content (AvgIpc) is 3.09. The Hall–Kier alpha value is -3.53. The van der Waals surface area contributed by atoms with Gasteiger partial charge in [0.1, 0.15) is 17.3 Å². The Kier molecular flexibility index (Phi) is 5.10. The van der Waals surface area contributed by atoms with Crippen molar-refractivity contribution in [2.24, 2.45) is 0 Å². The van der Waals surface area contributed by atoms with Gasteiger partial charge in [0.25, 0.3) is 0 Å². The molecule has 0 unspecified atom stereocenters. The highest BCUT2D eigenvalue weighted by atomic mass is 32.2. The van der Waals surface area contributed by atoms with Crippen molar-refractivity contribution in [1.82, 2.24) is 20.2 Å². The van der Waals surface area contributed by atoms with Crippen LogP contribution in [0.15, 0.2) is 41.4 Å². The standard InChI is InChI=1S/C21H21FN6O2S/c1-11-5-13(8-14(6-11)31(4,29)30)25-21-24-10-16(20(23-3)26-21)19-15-7-12(2)17(22)9-18(15)27-28-19/h5-10H,1-4H3,(H,27,28)(H2,23,24,25,26). The zero-order chi connectivity index (χ0) is 22.3. The monoisotopic (exact) mass is 440 g/mol. The summed E-state index contributed by atoms with van der Waals surface area (Å²) in [6, 6.07) is 8.10. The van der Waals surface area contributed by atoms with Crippen molar-refractivity contribution < 1.29 is 12.8 Å². The Morgan fingerprint density at radius 1 is 1.10 bits per heavy atom. The number of fused-ring (bicyclic) bond motifs is 1. The minimum atomic E-state index is -3.35. The maximum Gasteiger partial charge on any atom is 0.229 e. The molecule has 0 aliphatic heterocycles. The normalized spacial score (nSPS) is 11.6. The number of sulfone groups is 1. The van der Waals surface area contributed by atoms with Crippen LogP contribution in [-0.4, -0.2) is 41.9 Å². The van der Waals surface area contributed by atoms with Gasteiger partial charge >= 0.3 is 0 Å². The molecule has 8 nitrogen and oxygen atoms in total. The van der Waals surface area contributed by atoms with Crippen molar-refractivity contribution in [1.29, 1.82) is 0 Å². The van der Waals surface area contributed by atoms with Gasteiger partial charge in [-0.2, -0.15) is 10.1 Å². The summed E-state index contributed by atoms with van der Waals surface area (Å²) in [7, 11) is -1.62. The molecule has 2 aromatic carbocycles. The average molecular weight is 441 g/mol. The highest BCUT2D eigenvalue weighted by Gasteiger charge is 2.16. The number of nitrogens with one attached hydrogen (secondary N) is 3. The zero-order valence-electron chi connectivity index (χ0n) is 17.4. The first-order chi connectivity index (χ1) is 14.7. The molecular formula is C21H21FN6O2S. The maximum atomic E-state index is 13.9. The lowest BCUT2D eigenvalue weighted by molar-refractivity contribution is 0.602. The largest absolute Gasteiger partial charge is 0.372 e. The fourth-order valence-electron chi connectivity index (χ4n) is 3.32. The number of aryl methyl sites for hydroxylation is 2. The first kappa shape index (κ1) is 20.7. The molecule has 31 heavy (non-hydrogen) atoms. The smallest absolute Gasteiger partial charge is 0.229 e. The fraction of sp³-hybridized carbons (Fsp3) is 0.190. The van der Waals surface area contributed by atoms with Gasteiger partial charge in [-0.15, -0.1) is 0 Å². The van der Waals surface area contributed by atoms with E-state index < -0.39 is 9.84 Å². The van der Waals surface area contributed by atoms with E-state index in [2.05, 4.69) is 30.8 Å². The molecule has 0 aliphatic rings. The van der Waals surface area contributed by atoms with Gasteiger partial charge in [-0.1, -0.05) is 0 Å². The van der Waals surface area contributed by atoms with Crippen molar-refractivity contribution in [3.05, 3.63) is 53.5 Å². The first-order valence-electron chi connectivity index (χ1n) is 9.44. The number of aromatic amines is 1. The number of hydrogen-bond donors (Lipinski definition) is 3. The molecule has 0 atom stereocenters. The number of nitrogens with zero attached hydrogens (tertiary/aromatic N) is 3. The van der Waals surface area contributed by atoms with Crippen LogP contribution in [0.5, 0.6) is 0 Å². The van der Waals surface area contributed by atoms with Gasteiger partial charge in [0.05, 0.1) is 16.0 Å². The van der Waals surface area contributed by atoms with Crippen molar-refractivity contribution in [3.8, 4) is 11.3 Å². The number of aromatic nitrogens is 4. The van der Waals surface area contributed by atoms with E-state index in [1.807, 2.05) is 13.0 Å². The van der Waals surface area contributed by atoms with Gasteiger partial charge in [-0.3, -0.25) is 5.10 Å². The summed E-state index contributed by atoms with van der Waals surface area (Å²) in [5.41, 5.74) is 3.69. The fourth-order valence-corrected chi connectivity index (χ4v) is 4.06. The zero-order valence-corrected chi connectivity index (χ0v) is 18.2. The summed E-state index contributed by atoms with van der Waals surface area (Å²) in [6.07, 6.45) is 2.78. The van der Waals surface area contributed by atoms with E-state index in [1.165, 1.54) is 12.1 Å². The van der Waals surface area contributed by atoms with Crippen molar-refractivity contribution in [2.75, 3.05) is 23.9 Å². The highest BCUT2D eigenvalue weighted by molar-refractivity contribution is 7.90. The number of anilines is 3. The maximum absolute atomic E-state index is 13.9. The Labute approximate surface area is 178 Å². The minimum absolute atomic E-state index is 0.214. The second-order valence-electron chi connectivity index (χ2n) is 7.36. The molecule has 0 amide bonds. The van der Waals surface area contributed by atoms with Gasteiger partial charge in [0, 0.05) is 30.6 Å². The molecule has 0 aliphatic carbocycles. The Balaban J connectivity index is 1.74. The van der Waals surface area contributed by atoms with Crippen LogP contribution in [0.2, 0.25) is 0 Å². The summed E-state index contributed by atoms with van der Waals surface area (Å²) in [6.45, 7) is 3.51. The molecule has 0 radical (unpaired) electrons. The van der Waals surface area contributed by atoms with Crippen LogP contribution >= 0.6 is 0 Å². The third-order valence-electron chi connectivity index (χ3n) is 4.86. The SMILES string of the molecule is CNc1nc(Nc2cc(C)cc(S(C)(=O)=O)c2)ncc1-c1n[nH]c2cc(F)c(C)cc12. The van der Waals surface area contributed by atoms with Crippen molar-refractivity contribution in [2.45, 2.75) is 18.7 Å². The Morgan fingerprint density at radius 2 is 1.87 bits per heavy atom. The molecule has 0 saturated carbocycles. The Morgan fingerprint density at radius 3 is 2.58 bits per heavy atom. The number of rotatable bonds is 5. The molecule has 0 saturated heterocycles.